The lowest BCUT2D eigenvalue weighted by Crippen LogP contribution is -2.22. The second-order valence-electron chi connectivity index (χ2n) is 7.88. The number of carbonyl (C=O) groups excluding carboxylic acids is 3. The number of nitrogens with two attached hydrogens (primary N) is 1. The van der Waals surface area contributed by atoms with E-state index in [4.69, 9.17) is 17.3 Å². The van der Waals surface area contributed by atoms with Gasteiger partial charge in [0.15, 0.2) is 0 Å². The Labute approximate surface area is 225 Å². The maximum Gasteiger partial charge on any atom is 0.281 e. The van der Waals surface area contributed by atoms with E-state index >= 15 is 0 Å². The van der Waals surface area contributed by atoms with Crippen LogP contribution in [0.1, 0.15) is 47.8 Å². The third-order valence-electron chi connectivity index (χ3n) is 5.33. The number of rotatable bonds is 8. The van der Waals surface area contributed by atoms with Crippen molar-refractivity contribution in [3.63, 3.8) is 0 Å². The van der Waals surface area contributed by atoms with Crippen molar-refractivity contribution >= 4 is 57.7 Å². The van der Waals surface area contributed by atoms with Gasteiger partial charge in [-0.25, -0.2) is 5.43 Å². The van der Waals surface area contributed by atoms with Crippen LogP contribution in [-0.4, -0.2) is 28.5 Å². The fraction of sp³-hybridized carbons (Fsp3) is 0.0769. The maximum absolute atomic E-state index is 12.6. The van der Waals surface area contributed by atoms with E-state index in [2.05, 4.69) is 15.8 Å². The summed E-state index contributed by atoms with van der Waals surface area (Å²) in [4.78, 5) is 37.6. The number of nitrogens with one attached hydrogen (secondary N) is 2. The van der Waals surface area contributed by atoms with E-state index in [1.165, 1.54) is 11.3 Å². The number of carbonyl (C=O) groups is 3. The van der Waals surface area contributed by atoms with Gasteiger partial charge in [0.05, 0.1) is 25.9 Å². The zero-order valence-electron chi connectivity index (χ0n) is 19.4. The number of nitrogens with zero attached hydrogens (tertiary/aromatic N) is 1. The number of hydrogen-bond donors (Lipinski definition) is 4. The molecule has 0 radical (unpaired) electrons. The average molecular weight is 553 g/mol. The molecule has 4 aromatic rings. The largest absolute Gasteiger partial charge is 0.506 e. The lowest BCUT2D eigenvalue weighted by Gasteiger charge is -2.04. The standard InChI is InChI=1S/C26H21ClN4O4S2/c1-14(19-13-36-23(22(19)32)16-6-8-18(27)9-7-16)30-31-26(35)21-11-10-20(37-21)25(34)29-12-15-2-4-17(5-3-15)24(28)33/h2-11,13,32H,12H2,1H3,(H2,28,33)(H,29,34)(H,31,35). The van der Waals surface area contributed by atoms with Gasteiger partial charge in [0, 0.05) is 22.5 Å². The van der Waals surface area contributed by atoms with Gasteiger partial charge in [0.1, 0.15) is 5.75 Å². The minimum Gasteiger partial charge on any atom is -0.506 e. The molecule has 8 nitrogen and oxygen atoms in total. The highest BCUT2D eigenvalue weighted by molar-refractivity contribution is 7.16. The molecule has 0 aliphatic heterocycles. The molecule has 11 heteroatoms. The first-order valence-electron chi connectivity index (χ1n) is 10.9. The van der Waals surface area contributed by atoms with Crippen LogP contribution in [0.15, 0.2) is 71.1 Å². The van der Waals surface area contributed by atoms with E-state index in [1.54, 1.807) is 60.8 Å². The molecule has 0 atom stereocenters. The second-order valence-corrected chi connectivity index (χ2v) is 10.3. The van der Waals surface area contributed by atoms with Crippen LogP contribution < -0.4 is 16.5 Å². The molecule has 0 bridgehead atoms. The summed E-state index contributed by atoms with van der Waals surface area (Å²) in [6.07, 6.45) is 0. The topological polar surface area (TPSA) is 134 Å². The van der Waals surface area contributed by atoms with Gasteiger partial charge in [0.2, 0.25) is 5.91 Å². The summed E-state index contributed by atoms with van der Waals surface area (Å²) in [5, 5.41) is 19.9. The molecule has 3 amide bonds. The van der Waals surface area contributed by atoms with Crippen molar-refractivity contribution in [3.8, 4) is 16.2 Å². The van der Waals surface area contributed by atoms with Gasteiger partial charge in [-0.1, -0.05) is 35.9 Å². The van der Waals surface area contributed by atoms with Crippen LogP contribution in [-0.2, 0) is 6.54 Å². The Morgan fingerprint density at radius 1 is 0.973 bits per heavy atom. The number of halogens is 1. The Kier molecular flexibility index (Phi) is 8.02. The van der Waals surface area contributed by atoms with Crippen molar-refractivity contribution in [2.75, 3.05) is 0 Å². The summed E-state index contributed by atoms with van der Waals surface area (Å²) >= 11 is 8.32. The summed E-state index contributed by atoms with van der Waals surface area (Å²) in [5.74, 6) is -1.25. The molecule has 0 fully saturated rings. The van der Waals surface area contributed by atoms with Crippen LogP contribution in [0.25, 0.3) is 10.4 Å². The molecular weight excluding hydrogens is 532 g/mol. The summed E-state index contributed by atoms with van der Waals surface area (Å²) in [6, 6.07) is 16.8. The molecule has 2 aromatic carbocycles. The summed E-state index contributed by atoms with van der Waals surface area (Å²) < 4.78 is 0. The predicted octanol–water partition coefficient (Wildman–Crippen LogP) is 5.02. The van der Waals surface area contributed by atoms with Crippen molar-refractivity contribution < 1.29 is 19.5 Å². The Morgan fingerprint density at radius 2 is 1.62 bits per heavy atom. The molecule has 188 valence electrons. The van der Waals surface area contributed by atoms with E-state index in [1.807, 2.05) is 12.1 Å². The smallest absolute Gasteiger partial charge is 0.281 e. The third-order valence-corrected chi connectivity index (χ3v) is 7.68. The molecule has 2 heterocycles. The Bertz CT molecular complexity index is 1490. The monoisotopic (exact) mass is 552 g/mol. The first kappa shape index (κ1) is 26.1. The average Bonchev–Trinajstić information content (AvgIpc) is 3.54. The molecule has 37 heavy (non-hydrogen) atoms. The fourth-order valence-corrected chi connectivity index (χ4v) is 5.25. The van der Waals surface area contributed by atoms with Crippen molar-refractivity contribution in [1.29, 1.82) is 0 Å². The molecular formula is C26H21ClN4O4S2. The number of primary amides is 1. The van der Waals surface area contributed by atoms with Crippen LogP contribution in [0, 0.1) is 0 Å². The Morgan fingerprint density at radius 3 is 2.27 bits per heavy atom. The SMILES string of the molecule is CC(=NNC(=O)c1ccc(C(=O)NCc2ccc(C(N)=O)cc2)s1)c1csc(-c2ccc(Cl)cc2)c1O. The number of hydrazone groups is 1. The van der Waals surface area contributed by atoms with Crippen LogP contribution in [0.4, 0.5) is 0 Å². The number of hydrogen-bond acceptors (Lipinski definition) is 7. The number of amides is 3. The number of aromatic hydroxyl groups is 1. The molecule has 0 aliphatic carbocycles. The first-order valence-corrected chi connectivity index (χ1v) is 13.0. The van der Waals surface area contributed by atoms with Gasteiger partial charge >= 0.3 is 0 Å². The third kappa shape index (κ3) is 6.23. The van der Waals surface area contributed by atoms with Crippen LogP contribution in [0.3, 0.4) is 0 Å². The number of thiophene rings is 2. The van der Waals surface area contributed by atoms with Gasteiger partial charge in [-0.3, -0.25) is 14.4 Å². The van der Waals surface area contributed by atoms with E-state index in [9.17, 15) is 19.5 Å². The van der Waals surface area contributed by atoms with Gasteiger partial charge in [-0.2, -0.15) is 5.10 Å². The molecule has 4 rings (SSSR count). The summed E-state index contributed by atoms with van der Waals surface area (Å²) in [5.41, 5.74) is 10.6. The van der Waals surface area contributed by atoms with Gasteiger partial charge in [-0.05, 0) is 54.4 Å². The lowest BCUT2D eigenvalue weighted by molar-refractivity contribution is 0.0950. The van der Waals surface area contributed by atoms with Crippen LogP contribution >= 0.6 is 34.3 Å². The molecule has 2 aromatic heterocycles. The molecule has 0 saturated heterocycles. The van der Waals surface area contributed by atoms with Crippen molar-refractivity contribution in [2.24, 2.45) is 10.8 Å². The zero-order valence-corrected chi connectivity index (χ0v) is 21.8. The first-order chi connectivity index (χ1) is 17.7. The van der Waals surface area contributed by atoms with Crippen molar-refractivity contribution in [1.82, 2.24) is 10.7 Å². The Hall–Kier alpha value is -3.99. The van der Waals surface area contributed by atoms with Crippen LogP contribution in [0.2, 0.25) is 5.02 Å². The highest BCUT2D eigenvalue weighted by Crippen LogP contribution is 2.39. The zero-order chi connectivity index (χ0) is 26.5. The molecule has 0 unspecified atom stereocenters. The second kappa shape index (κ2) is 11.4. The lowest BCUT2D eigenvalue weighted by atomic mass is 10.1. The van der Waals surface area contributed by atoms with Crippen LogP contribution in [0.5, 0.6) is 5.75 Å². The van der Waals surface area contributed by atoms with E-state index in [0.29, 0.717) is 36.5 Å². The normalized spacial score (nSPS) is 11.2. The summed E-state index contributed by atoms with van der Waals surface area (Å²) in [7, 11) is 0. The molecule has 0 saturated carbocycles. The molecule has 0 aliphatic rings. The Balaban J connectivity index is 1.36. The summed E-state index contributed by atoms with van der Waals surface area (Å²) in [6.45, 7) is 1.93. The maximum atomic E-state index is 12.6. The van der Waals surface area contributed by atoms with Crippen molar-refractivity contribution in [3.05, 3.63) is 97.5 Å². The number of benzene rings is 2. The highest BCUT2D eigenvalue weighted by atomic mass is 35.5. The molecule has 5 N–H and O–H groups in total. The highest BCUT2D eigenvalue weighted by Gasteiger charge is 2.17. The minimum atomic E-state index is -0.519. The molecule has 0 spiro atoms. The van der Waals surface area contributed by atoms with Gasteiger partial charge in [0.25, 0.3) is 11.8 Å². The van der Waals surface area contributed by atoms with Crippen molar-refractivity contribution in [2.45, 2.75) is 13.5 Å². The quantitative estimate of drug-likeness (QED) is 0.180. The van der Waals surface area contributed by atoms with E-state index < -0.39 is 11.8 Å². The van der Waals surface area contributed by atoms with E-state index in [-0.39, 0.29) is 18.2 Å². The predicted molar refractivity (Wildman–Crippen MR) is 147 cm³/mol. The van der Waals surface area contributed by atoms with E-state index in [0.717, 1.165) is 22.5 Å². The minimum absolute atomic E-state index is 0.0715. The van der Waals surface area contributed by atoms with Gasteiger partial charge in [-0.15, -0.1) is 22.7 Å². The van der Waals surface area contributed by atoms with Gasteiger partial charge < -0.3 is 16.2 Å². The fourth-order valence-electron chi connectivity index (χ4n) is 3.30.